The summed E-state index contributed by atoms with van der Waals surface area (Å²) in [7, 11) is 1.64. The Morgan fingerprint density at radius 2 is 1.81 bits per heavy atom. The minimum Gasteiger partial charge on any atom is -0.355 e. The third-order valence-corrected chi connectivity index (χ3v) is 3.80. The molecule has 0 unspecified atom stereocenters. The summed E-state index contributed by atoms with van der Waals surface area (Å²) in [6.45, 7) is 2.94. The predicted octanol–water partition coefficient (Wildman–Crippen LogP) is 3.36. The van der Waals surface area contributed by atoms with Crippen LogP contribution < -0.4 is 5.32 Å². The van der Waals surface area contributed by atoms with Gasteiger partial charge in [-0.25, -0.2) is 0 Å². The monoisotopic (exact) mass is 278 g/mol. The first-order valence-corrected chi connectivity index (χ1v) is 7.05. The minimum absolute atomic E-state index is 0.0517. The average Bonchev–Trinajstić information content (AvgIpc) is 2.83. The summed E-state index contributed by atoms with van der Waals surface area (Å²) in [6.07, 6.45) is 0. The van der Waals surface area contributed by atoms with E-state index in [1.165, 1.54) is 22.2 Å². The number of aromatic nitrogens is 1. The number of amides is 1. The molecule has 3 rings (SSSR count). The number of para-hydroxylation sites is 1. The molecule has 3 nitrogen and oxygen atoms in total. The van der Waals surface area contributed by atoms with E-state index < -0.39 is 0 Å². The molecule has 0 atom stereocenters. The Hall–Kier alpha value is -2.55. The van der Waals surface area contributed by atoms with Crippen LogP contribution in [-0.2, 0) is 6.54 Å². The van der Waals surface area contributed by atoms with Gasteiger partial charge in [-0.3, -0.25) is 4.79 Å². The molecule has 0 aliphatic rings. The molecule has 3 heteroatoms. The first-order chi connectivity index (χ1) is 10.2. The fraction of sp³-hybridized carbons (Fsp3) is 0.167. The van der Waals surface area contributed by atoms with Crippen LogP contribution in [0.5, 0.6) is 0 Å². The van der Waals surface area contributed by atoms with E-state index in [0.29, 0.717) is 5.56 Å². The van der Waals surface area contributed by atoms with Gasteiger partial charge < -0.3 is 9.88 Å². The zero-order valence-corrected chi connectivity index (χ0v) is 12.3. The Morgan fingerprint density at radius 3 is 2.52 bits per heavy atom. The lowest BCUT2D eigenvalue weighted by molar-refractivity contribution is 0.0963. The highest BCUT2D eigenvalue weighted by Gasteiger charge is 2.07. The number of benzene rings is 2. The van der Waals surface area contributed by atoms with Crippen molar-refractivity contribution >= 4 is 16.8 Å². The molecular formula is C18H18N2O. The Kier molecular flexibility index (Phi) is 3.48. The lowest BCUT2D eigenvalue weighted by Gasteiger charge is -2.09. The Morgan fingerprint density at radius 1 is 1.10 bits per heavy atom. The summed E-state index contributed by atoms with van der Waals surface area (Å²) in [5.41, 5.74) is 4.36. The minimum atomic E-state index is -0.0517. The Balaban J connectivity index is 1.92. The molecule has 2 aromatic carbocycles. The van der Waals surface area contributed by atoms with Crippen LogP contribution in [0.1, 0.15) is 21.6 Å². The third kappa shape index (κ3) is 2.55. The van der Waals surface area contributed by atoms with E-state index in [1.54, 1.807) is 7.05 Å². The molecule has 0 fully saturated rings. The summed E-state index contributed by atoms with van der Waals surface area (Å²) < 4.78 is 2.30. The molecule has 1 amide bonds. The maximum absolute atomic E-state index is 11.6. The SMILES string of the molecule is CNC(=O)c1ccc(Cn2c(C)cc3ccccc32)cc1. The number of carbonyl (C=O) groups is 1. The lowest BCUT2D eigenvalue weighted by Crippen LogP contribution is -2.17. The van der Waals surface area contributed by atoms with E-state index in [4.69, 9.17) is 0 Å². The lowest BCUT2D eigenvalue weighted by atomic mass is 10.1. The van der Waals surface area contributed by atoms with Crippen LogP contribution in [0.25, 0.3) is 10.9 Å². The van der Waals surface area contributed by atoms with E-state index in [-0.39, 0.29) is 5.91 Å². The van der Waals surface area contributed by atoms with Crippen molar-refractivity contribution in [1.82, 2.24) is 9.88 Å². The second-order valence-corrected chi connectivity index (χ2v) is 5.21. The number of aryl methyl sites for hydroxylation is 1. The van der Waals surface area contributed by atoms with E-state index in [2.05, 4.69) is 47.1 Å². The summed E-state index contributed by atoms with van der Waals surface area (Å²) in [4.78, 5) is 11.6. The van der Waals surface area contributed by atoms with Crippen LogP contribution >= 0.6 is 0 Å². The average molecular weight is 278 g/mol. The van der Waals surface area contributed by atoms with Crippen molar-refractivity contribution < 1.29 is 4.79 Å². The molecular weight excluding hydrogens is 260 g/mol. The maximum Gasteiger partial charge on any atom is 0.251 e. The number of fused-ring (bicyclic) bond motifs is 1. The van der Waals surface area contributed by atoms with E-state index in [1.807, 2.05) is 24.3 Å². The van der Waals surface area contributed by atoms with Gasteiger partial charge in [-0.15, -0.1) is 0 Å². The topological polar surface area (TPSA) is 34.0 Å². The van der Waals surface area contributed by atoms with Gasteiger partial charge in [-0.1, -0.05) is 30.3 Å². The summed E-state index contributed by atoms with van der Waals surface area (Å²) in [5, 5.41) is 3.90. The number of hydrogen-bond acceptors (Lipinski definition) is 1. The zero-order valence-electron chi connectivity index (χ0n) is 12.3. The highest BCUT2D eigenvalue weighted by molar-refractivity contribution is 5.93. The van der Waals surface area contributed by atoms with Crippen LogP contribution in [0.2, 0.25) is 0 Å². The van der Waals surface area contributed by atoms with Gasteiger partial charge in [-0.2, -0.15) is 0 Å². The standard InChI is InChI=1S/C18H18N2O/c1-13-11-16-5-3-4-6-17(16)20(13)12-14-7-9-15(10-8-14)18(21)19-2/h3-11H,12H2,1-2H3,(H,19,21). The van der Waals surface area contributed by atoms with Crippen LogP contribution in [0.4, 0.5) is 0 Å². The number of carbonyl (C=O) groups excluding carboxylic acids is 1. The molecule has 21 heavy (non-hydrogen) atoms. The summed E-state index contributed by atoms with van der Waals surface area (Å²) in [6, 6.07) is 18.4. The number of rotatable bonds is 3. The molecule has 1 aromatic heterocycles. The van der Waals surface area contributed by atoms with Crippen molar-refractivity contribution in [2.24, 2.45) is 0 Å². The number of nitrogens with one attached hydrogen (secondary N) is 1. The molecule has 0 spiro atoms. The molecule has 0 bridgehead atoms. The van der Waals surface area contributed by atoms with Gasteiger partial charge in [0.2, 0.25) is 0 Å². The summed E-state index contributed by atoms with van der Waals surface area (Å²) >= 11 is 0. The van der Waals surface area contributed by atoms with Crippen LogP contribution in [-0.4, -0.2) is 17.5 Å². The van der Waals surface area contributed by atoms with Gasteiger partial charge in [0.15, 0.2) is 0 Å². The van der Waals surface area contributed by atoms with Crippen LogP contribution in [0.15, 0.2) is 54.6 Å². The molecule has 0 aliphatic heterocycles. The Labute approximate surface area is 124 Å². The first kappa shape index (κ1) is 13.4. The normalized spacial score (nSPS) is 10.8. The fourth-order valence-corrected chi connectivity index (χ4v) is 2.65. The van der Waals surface area contributed by atoms with Gasteiger partial charge in [0.25, 0.3) is 5.91 Å². The highest BCUT2D eigenvalue weighted by atomic mass is 16.1. The molecule has 0 radical (unpaired) electrons. The van der Waals surface area contributed by atoms with Gasteiger partial charge in [-0.05, 0) is 42.1 Å². The van der Waals surface area contributed by atoms with E-state index in [9.17, 15) is 4.79 Å². The van der Waals surface area contributed by atoms with E-state index in [0.717, 1.165) is 6.54 Å². The molecule has 0 aliphatic carbocycles. The quantitative estimate of drug-likeness (QED) is 0.783. The number of hydrogen-bond donors (Lipinski definition) is 1. The van der Waals surface area contributed by atoms with Gasteiger partial charge in [0.1, 0.15) is 0 Å². The smallest absolute Gasteiger partial charge is 0.251 e. The Bertz CT molecular complexity index is 785. The second kappa shape index (κ2) is 5.44. The third-order valence-electron chi connectivity index (χ3n) is 3.80. The molecule has 0 saturated heterocycles. The highest BCUT2D eigenvalue weighted by Crippen LogP contribution is 2.20. The van der Waals surface area contributed by atoms with Crippen LogP contribution in [0, 0.1) is 6.92 Å². The van der Waals surface area contributed by atoms with Crippen molar-refractivity contribution in [3.8, 4) is 0 Å². The zero-order chi connectivity index (χ0) is 14.8. The largest absolute Gasteiger partial charge is 0.355 e. The number of nitrogens with zero attached hydrogens (tertiary/aromatic N) is 1. The molecule has 3 aromatic rings. The first-order valence-electron chi connectivity index (χ1n) is 7.05. The van der Waals surface area contributed by atoms with Crippen molar-refractivity contribution in [2.45, 2.75) is 13.5 Å². The molecule has 1 heterocycles. The predicted molar refractivity (Wildman–Crippen MR) is 85.6 cm³/mol. The van der Waals surface area contributed by atoms with Crippen molar-refractivity contribution in [2.75, 3.05) is 7.05 Å². The molecule has 0 saturated carbocycles. The van der Waals surface area contributed by atoms with E-state index >= 15 is 0 Å². The molecule has 106 valence electrons. The van der Waals surface area contributed by atoms with Gasteiger partial charge >= 0.3 is 0 Å². The second-order valence-electron chi connectivity index (χ2n) is 5.21. The van der Waals surface area contributed by atoms with Crippen LogP contribution in [0.3, 0.4) is 0 Å². The molecule has 1 N–H and O–H groups in total. The van der Waals surface area contributed by atoms with Crippen molar-refractivity contribution in [3.05, 3.63) is 71.4 Å². The van der Waals surface area contributed by atoms with Gasteiger partial charge in [0, 0.05) is 30.4 Å². The fourth-order valence-electron chi connectivity index (χ4n) is 2.65. The van der Waals surface area contributed by atoms with Crippen molar-refractivity contribution in [1.29, 1.82) is 0 Å². The van der Waals surface area contributed by atoms with Crippen molar-refractivity contribution in [3.63, 3.8) is 0 Å². The van der Waals surface area contributed by atoms with Gasteiger partial charge in [0.05, 0.1) is 0 Å². The maximum atomic E-state index is 11.6. The summed E-state index contributed by atoms with van der Waals surface area (Å²) in [5.74, 6) is -0.0517.